The van der Waals surface area contributed by atoms with E-state index in [1.807, 2.05) is 6.92 Å². The maximum atomic E-state index is 11.6. The van der Waals surface area contributed by atoms with E-state index in [4.69, 9.17) is 8.85 Å². The van der Waals surface area contributed by atoms with Crippen molar-refractivity contribution >= 4 is 22.4 Å². The van der Waals surface area contributed by atoms with Crippen LogP contribution in [-0.2, 0) is 13.6 Å². The predicted octanol–water partition coefficient (Wildman–Crippen LogP) is 6.79. The maximum absolute atomic E-state index is 11.6. The molecule has 0 N–H and O–H groups in total. The van der Waals surface area contributed by atoms with E-state index >= 15 is 0 Å². The second-order valence-corrected chi connectivity index (χ2v) is 20.6. The number of carbonyl (C=O) groups is 1. The first-order valence-corrected chi connectivity index (χ1v) is 16.0. The molecule has 0 rings (SSSR count). The number of hydrogen-bond donors (Lipinski definition) is 0. The van der Waals surface area contributed by atoms with Crippen molar-refractivity contribution in [1.29, 1.82) is 0 Å². The molecule has 0 fully saturated rings. The molecule has 0 aromatic rings. The second kappa shape index (κ2) is 9.48. The van der Waals surface area contributed by atoms with Crippen LogP contribution >= 0.6 is 0 Å². The minimum atomic E-state index is -1.83. The molecule has 0 aliphatic carbocycles. The van der Waals surface area contributed by atoms with Gasteiger partial charge in [-0.25, -0.2) is 0 Å². The van der Waals surface area contributed by atoms with Crippen LogP contribution in [0.4, 0.5) is 0 Å². The maximum Gasteiger partial charge on any atom is 0.192 e. The third kappa shape index (κ3) is 8.36. The summed E-state index contributed by atoms with van der Waals surface area (Å²) in [6, 6.07) is 0. The van der Waals surface area contributed by atoms with Crippen molar-refractivity contribution < 1.29 is 13.6 Å². The Morgan fingerprint density at radius 1 is 0.846 bits per heavy atom. The normalized spacial score (nSPS) is 16.5. The van der Waals surface area contributed by atoms with Crippen molar-refractivity contribution in [2.24, 2.45) is 5.92 Å². The topological polar surface area (TPSA) is 35.5 Å². The highest BCUT2D eigenvalue weighted by molar-refractivity contribution is 6.74. The molecule has 5 heteroatoms. The van der Waals surface area contributed by atoms with E-state index in [9.17, 15) is 4.79 Å². The molecule has 0 amide bonds. The van der Waals surface area contributed by atoms with E-state index < -0.39 is 16.6 Å². The zero-order chi connectivity index (χ0) is 21.0. The molecule has 0 bridgehead atoms. The van der Waals surface area contributed by atoms with Crippen LogP contribution in [0, 0.1) is 5.92 Å². The highest BCUT2D eigenvalue weighted by atomic mass is 28.4. The van der Waals surface area contributed by atoms with Crippen LogP contribution in [-0.4, -0.2) is 35.1 Å². The van der Waals surface area contributed by atoms with Gasteiger partial charge in [0.2, 0.25) is 0 Å². The van der Waals surface area contributed by atoms with Crippen LogP contribution in [0.1, 0.15) is 74.7 Å². The Labute approximate surface area is 165 Å². The van der Waals surface area contributed by atoms with Gasteiger partial charge in [-0.05, 0) is 62.5 Å². The molecule has 3 nitrogen and oxygen atoms in total. The van der Waals surface area contributed by atoms with E-state index in [2.05, 4.69) is 67.7 Å². The van der Waals surface area contributed by atoms with Gasteiger partial charge in [0.1, 0.15) is 5.78 Å². The first-order valence-electron chi connectivity index (χ1n) is 10.2. The Morgan fingerprint density at radius 3 is 1.69 bits per heavy atom. The molecule has 0 unspecified atom stereocenters. The minimum Gasteiger partial charge on any atom is -0.417 e. The highest BCUT2D eigenvalue weighted by Gasteiger charge is 2.40. The summed E-state index contributed by atoms with van der Waals surface area (Å²) in [6.45, 7) is 27.3. The molecule has 0 saturated carbocycles. The molecule has 0 aromatic heterocycles. The molecule has 0 aliphatic heterocycles. The van der Waals surface area contributed by atoms with Crippen LogP contribution in [0.25, 0.3) is 0 Å². The van der Waals surface area contributed by atoms with Gasteiger partial charge < -0.3 is 8.85 Å². The van der Waals surface area contributed by atoms with Crippen LogP contribution in [0.2, 0.25) is 36.3 Å². The summed E-state index contributed by atoms with van der Waals surface area (Å²) < 4.78 is 13.1. The average molecular weight is 403 g/mol. The van der Waals surface area contributed by atoms with E-state index in [-0.39, 0.29) is 27.9 Å². The second-order valence-electron chi connectivity index (χ2n) is 11.0. The van der Waals surface area contributed by atoms with Gasteiger partial charge in [-0.3, -0.25) is 4.79 Å². The molecule has 0 aromatic carbocycles. The summed E-state index contributed by atoms with van der Waals surface area (Å²) in [4.78, 5) is 11.6. The van der Waals surface area contributed by atoms with Crippen molar-refractivity contribution in [3.8, 4) is 0 Å². The molecule has 2 atom stereocenters. The summed E-state index contributed by atoms with van der Waals surface area (Å²) in [5, 5.41) is 0.420. The van der Waals surface area contributed by atoms with Crippen molar-refractivity contribution in [3.05, 3.63) is 0 Å². The lowest BCUT2D eigenvalue weighted by atomic mass is 9.98. The number of ketones is 1. The molecular weight excluding hydrogens is 356 g/mol. The zero-order valence-corrected chi connectivity index (χ0v) is 21.7. The van der Waals surface area contributed by atoms with Crippen molar-refractivity contribution in [1.82, 2.24) is 0 Å². The van der Waals surface area contributed by atoms with E-state index in [0.29, 0.717) is 0 Å². The van der Waals surface area contributed by atoms with Gasteiger partial charge in [0.15, 0.2) is 16.6 Å². The fourth-order valence-electron chi connectivity index (χ4n) is 2.16. The lowest BCUT2D eigenvalue weighted by Crippen LogP contribution is -2.45. The van der Waals surface area contributed by atoms with Gasteiger partial charge in [-0.2, -0.15) is 0 Å². The Balaban J connectivity index is 4.97. The highest BCUT2D eigenvalue weighted by Crippen LogP contribution is 2.39. The van der Waals surface area contributed by atoms with Crippen molar-refractivity contribution in [2.75, 3.05) is 6.61 Å². The minimum absolute atomic E-state index is 0.113. The number of rotatable bonds is 10. The predicted molar refractivity (Wildman–Crippen MR) is 119 cm³/mol. The zero-order valence-electron chi connectivity index (χ0n) is 19.7. The number of carbonyl (C=O) groups excluding carboxylic acids is 1. The Bertz CT molecular complexity index is 445. The van der Waals surface area contributed by atoms with Crippen LogP contribution < -0.4 is 0 Å². The Kier molecular flexibility index (Phi) is 9.49. The summed E-state index contributed by atoms with van der Waals surface area (Å²) in [5.41, 5.74) is 0. The first kappa shape index (κ1) is 26.0. The first-order chi connectivity index (χ1) is 11.4. The summed E-state index contributed by atoms with van der Waals surface area (Å²) >= 11 is 0. The van der Waals surface area contributed by atoms with Gasteiger partial charge in [0.05, 0.1) is 0 Å². The Morgan fingerprint density at radius 2 is 1.31 bits per heavy atom. The lowest BCUT2D eigenvalue weighted by Gasteiger charge is -2.40. The standard InChI is InChI=1S/C21H46O3Si2/c1-17(18(2)22)13-14-19(24-26(11,12)21(6,7)8)15-16-23-25(9,10)20(3,4)5/h17,19H,13-16H2,1-12H3/t17-,19-/m0/s1. The molecular formula is C21H46O3Si2. The van der Waals surface area contributed by atoms with Gasteiger partial charge in [-0.15, -0.1) is 0 Å². The smallest absolute Gasteiger partial charge is 0.192 e. The third-order valence-electron chi connectivity index (χ3n) is 6.59. The fraction of sp³-hybridized carbons (Fsp3) is 0.952. The van der Waals surface area contributed by atoms with Gasteiger partial charge in [-0.1, -0.05) is 48.5 Å². The van der Waals surface area contributed by atoms with Gasteiger partial charge in [0, 0.05) is 18.6 Å². The molecule has 26 heavy (non-hydrogen) atoms. The van der Waals surface area contributed by atoms with Crippen LogP contribution in [0.5, 0.6) is 0 Å². The van der Waals surface area contributed by atoms with Gasteiger partial charge >= 0.3 is 0 Å². The van der Waals surface area contributed by atoms with Crippen molar-refractivity contribution in [2.45, 2.75) is 117 Å². The molecule has 0 spiro atoms. The van der Waals surface area contributed by atoms with Gasteiger partial charge in [0.25, 0.3) is 0 Å². The molecule has 0 radical (unpaired) electrons. The SMILES string of the molecule is CC(=O)[C@@H](C)CC[C@@H](CCO[Si](C)(C)C(C)(C)C)O[Si](C)(C)C(C)(C)C. The Hall–Kier alpha value is 0.0238. The summed E-state index contributed by atoms with van der Waals surface area (Å²) in [6.07, 6.45) is 2.94. The fourth-order valence-corrected chi connectivity index (χ4v) is 4.64. The lowest BCUT2D eigenvalue weighted by molar-refractivity contribution is -0.120. The molecule has 0 heterocycles. The van der Waals surface area contributed by atoms with E-state index in [1.165, 1.54) is 0 Å². The summed E-state index contributed by atoms with van der Waals surface area (Å²) in [7, 11) is -3.56. The average Bonchev–Trinajstić information content (AvgIpc) is 2.40. The molecule has 0 aliphatic rings. The monoisotopic (exact) mass is 402 g/mol. The van der Waals surface area contributed by atoms with E-state index in [1.54, 1.807) is 6.92 Å². The number of hydrogen-bond acceptors (Lipinski definition) is 3. The molecule has 156 valence electrons. The summed E-state index contributed by atoms with van der Waals surface area (Å²) in [5.74, 6) is 0.385. The van der Waals surface area contributed by atoms with E-state index in [0.717, 1.165) is 25.9 Å². The van der Waals surface area contributed by atoms with Crippen LogP contribution in [0.15, 0.2) is 0 Å². The third-order valence-corrected chi connectivity index (χ3v) is 15.7. The van der Waals surface area contributed by atoms with Crippen molar-refractivity contribution in [3.63, 3.8) is 0 Å². The largest absolute Gasteiger partial charge is 0.417 e. The quantitative estimate of drug-likeness (QED) is 0.377. The van der Waals surface area contributed by atoms with Crippen LogP contribution in [0.3, 0.4) is 0 Å². The number of Topliss-reactive ketones (excluding diaryl/α,β-unsaturated/α-hetero) is 1. The molecule has 0 saturated heterocycles.